The van der Waals surface area contributed by atoms with Gasteiger partial charge in [-0.3, -0.25) is 0 Å². The molecular weight excluding hydrogens is 387 g/mol. The van der Waals surface area contributed by atoms with Crippen molar-refractivity contribution in [1.29, 1.82) is 0 Å². The van der Waals surface area contributed by atoms with Crippen molar-refractivity contribution in [3.8, 4) is 5.75 Å². The van der Waals surface area contributed by atoms with Gasteiger partial charge in [-0.25, -0.2) is 4.39 Å². The Kier molecular flexibility index (Phi) is 4.76. The lowest BCUT2D eigenvalue weighted by molar-refractivity contribution is -0.305. The van der Waals surface area contributed by atoms with E-state index in [9.17, 15) is 39.5 Å². The predicted octanol–water partition coefficient (Wildman–Crippen LogP) is 5.14. The van der Waals surface area contributed by atoms with Gasteiger partial charge < -0.3 is 4.74 Å². The van der Waals surface area contributed by atoms with Gasteiger partial charge in [0.15, 0.2) is 0 Å². The molecule has 21 heavy (non-hydrogen) atoms. The minimum atomic E-state index is -5.94. The molecule has 0 fully saturated rings. The van der Waals surface area contributed by atoms with Gasteiger partial charge in [0.1, 0.15) is 5.75 Å². The minimum absolute atomic E-state index is 0.0260. The second-order valence-electron chi connectivity index (χ2n) is 3.64. The maximum atomic E-state index is 12.9. The van der Waals surface area contributed by atoms with Crippen LogP contribution in [0, 0.1) is 6.07 Å². The number of rotatable bonds is 3. The van der Waals surface area contributed by atoms with E-state index in [2.05, 4.69) is 20.7 Å². The molecule has 1 rings (SSSR count). The molecule has 0 bridgehead atoms. The van der Waals surface area contributed by atoms with Crippen molar-refractivity contribution in [2.45, 2.75) is 24.6 Å². The monoisotopic (exact) mass is 389 g/mol. The van der Waals surface area contributed by atoms with Crippen LogP contribution in [0.4, 0.5) is 39.5 Å². The molecule has 0 spiro atoms. The number of halogens is 10. The molecule has 1 aromatic rings. The Bertz CT molecular complexity index is 508. The average Bonchev–Trinajstić information content (AvgIpc) is 2.24. The second-order valence-corrected chi connectivity index (χ2v) is 4.50. The van der Waals surface area contributed by atoms with E-state index in [1.54, 1.807) is 6.07 Å². The Morgan fingerprint density at radius 1 is 1.00 bits per heavy atom. The van der Waals surface area contributed by atoms with Crippen molar-refractivity contribution < 1.29 is 44.3 Å². The lowest BCUT2D eigenvalue weighted by Crippen LogP contribution is -2.45. The van der Waals surface area contributed by atoms with Gasteiger partial charge in [0.2, 0.25) is 0 Å². The van der Waals surface area contributed by atoms with Crippen molar-refractivity contribution in [3.63, 3.8) is 0 Å². The topological polar surface area (TPSA) is 9.23 Å². The van der Waals surface area contributed by atoms with Crippen molar-refractivity contribution in [2.75, 3.05) is 0 Å². The lowest BCUT2D eigenvalue weighted by Gasteiger charge is -2.23. The maximum Gasteiger partial charge on any atom is 0.439 e. The van der Waals surface area contributed by atoms with Crippen LogP contribution in [0.2, 0.25) is 0 Å². The van der Waals surface area contributed by atoms with Crippen LogP contribution in [0.1, 0.15) is 5.56 Å². The summed E-state index contributed by atoms with van der Waals surface area (Å²) in [6.07, 6.45) is -21.0. The Morgan fingerprint density at radius 3 is 1.95 bits per heavy atom. The van der Waals surface area contributed by atoms with Crippen LogP contribution in [0.15, 0.2) is 16.6 Å². The number of ether oxygens (including phenoxy) is 1. The van der Waals surface area contributed by atoms with Crippen LogP contribution >= 0.6 is 15.9 Å². The van der Waals surface area contributed by atoms with Gasteiger partial charge in [0.05, 0.1) is 5.56 Å². The standard InChI is InChI=1S/C10H3BrF9O/c11-5-1-4(8(13,14)15)2-6(3-5)21-10(19,20)7(12)9(16,17)18/h2-3,7H. The third-order valence-electron chi connectivity index (χ3n) is 1.95. The highest BCUT2D eigenvalue weighted by molar-refractivity contribution is 9.10. The third-order valence-corrected chi connectivity index (χ3v) is 2.38. The maximum absolute atomic E-state index is 12.9. The highest BCUT2D eigenvalue weighted by atomic mass is 79.9. The molecule has 0 aliphatic rings. The molecule has 119 valence electrons. The normalized spacial score (nSPS) is 15.0. The molecule has 1 radical (unpaired) electrons. The largest absolute Gasteiger partial charge is 0.439 e. The van der Waals surface area contributed by atoms with Gasteiger partial charge in [-0.2, -0.15) is 35.1 Å². The fraction of sp³-hybridized carbons (Fsp3) is 0.400. The molecule has 0 N–H and O–H groups in total. The Hall–Kier alpha value is -1.13. The van der Waals surface area contributed by atoms with Gasteiger partial charge in [-0.15, -0.1) is 0 Å². The molecule has 1 atom stereocenters. The summed E-state index contributed by atoms with van der Waals surface area (Å²) in [5.41, 5.74) is -1.58. The zero-order chi connectivity index (χ0) is 16.6. The van der Waals surface area contributed by atoms with Crippen LogP contribution in [0.25, 0.3) is 0 Å². The molecule has 0 aromatic heterocycles. The van der Waals surface area contributed by atoms with Gasteiger partial charge in [0.25, 0.3) is 6.17 Å². The smallest absolute Gasteiger partial charge is 0.430 e. The van der Waals surface area contributed by atoms with E-state index < -0.39 is 40.4 Å². The van der Waals surface area contributed by atoms with E-state index in [4.69, 9.17) is 0 Å². The van der Waals surface area contributed by atoms with E-state index in [0.717, 1.165) is 0 Å². The number of hydrogen-bond donors (Lipinski definition) is 0. The molecule has 0 saturated heterocycles. The fourth-order valence-electron chi connectivity index (χ4n) is 1.12. The molecule has 0 saturated carbocycles. The lowest BCUT2D eigenvalue weighted by atomic mass is 10.2. The molecule has 0 amide bonds. The average molecular weight is 390 g/mol. The first-order chi connectivity index (χ1) is 9.23. The van der Waals surface area contributed by atoms with Crippen LogP contribution < -0.4 is 4.74 Å². The predicted molar refractivity (Wildman–Crippen MR) is 54.5 cm³/mol. The number of benzene rings is 1. The molecule has 0 aliphatic carbocycles. The summed E-state index contributed by atoms with van der Waals surface area (Å²) in [6, 6.07) is 2.15. The SMILES string of the molecule is FC(C(F)(F)F)C(F)(F)Oc1cc(Br)[c]c(C(F)(F)F)c1. The summed E-state index contributed by atoms with van der Waals surface area (Å²) in [6.45, 7) is 0. The molecule has 1 aromatic carbocycles. The molecule has 11 heteroatoms. The van der Waals surface area contributed by atoms with Crippen molar-refractivity contribution in [2.24, 2.45) is 0 Å². The summed E-state index contributed by atoms with van der Waals surface area (Å²) in [4.78, 5) is 0. The van der Waals surface area contributed by atoms with Crippen LogP contribution in [0.5, 0.6) is 5.75 Å². The molecule has 1 unspecified atom stereocenters. The van der Waals surface area contributed by atoms with Crippen LogP contribution in [-0.2, 0) is 6.18 Å². The molecule has 0 heterocycles. The summed E-state index contributed by atoms with van der Waals surface area (Å²) < 4.78 is 114. The Morgan fingerprint density at radius 2 is 1.52 bits per heavy atom. The fourth-order valence-corrected chi connectivity index (χ4v) is 1.56. The van der Waals surface area contributed by atoms with E-state index in [-0.39, 0.29) is 6.07 Å². The third kappa shape index (κ3) is 4.68. The first-order valence-corrected chi connectivity index (χ1v) is 5.60. The van der Waals surface area contributed by atoms with Gasteiger partial charge in [-0.05, 0) is 12.1 Å². The van der Waals surface area contributed by atoms with Crippen molar-refractivity contribution >= 4 is 15.9 Å². The van der Waals surface area contributed by atoms with Crippen LogP contribution in [-0.4, -0.2) is 18.5 Å². The van der Waals surface area contributed by atoms with Crippen molar-refractivity contribution in [1.82, 2.24) is 0 Å². The van der Waals surface area contributed by atoms with E-state index >= 15 is 0 Å². The van der Waals surface area contributed by atoms with Gasteiger partial charge in [0, 0.05) is 10.5 Å². The minimum Gasteiger partial charge on any atom is -0.430 e. The zero-order valence-corrected chi connectivity index (χ0v) is 11.0. The second kappa shape index (κ2) is 5.58. The van der Waals surface area contributed by atoms with Gasteiger partial charge in [-0.1, -0.05) is 15.9 Å². The van der Waals surface area contributed by atoms with E-state index in [1.807, 2.05) is 0 Å². The summed E-state index contributed by atoms with van der Waals surface area (Å²) in [7, 11) is 0. The Labute approximate surface area is 119 Å². The first-order valence-electron chi connectivity index (χ1n) is 4.81. The van der Waals surface area contributed by atoms with Crippen LogP contribution in [0.3, 0.4) is 0 Å². The molecular formula is C10H3BrF9O. The zero-order valence-electron chi connectivity index (χ0n) is 9.42. The van der Waals surface area contributed by atoms with Gasteiger partial charge >= 0.3 is 18.5 Å². The number of alkyl halides is 9. The Balaban J connectivity index is 3.11. The first kappa shape index (κ1) is 17.9. The quantitative estimate of drug-likeness (QED) is 0.650. The molecule has 1 nitrogen and oxygen atoms in total. The highest BCUT2D eigenvalue weighted by Crippen LogP contribution is 2.39. The highest BCUT2D eigenvalue weighted by Gasteiger charge is 2.59. The molecule has 0 aliphatic heterocycles. The summed E-state index contributed by atoms with van der Waals surface area (Å²) in [5, 5.41) is 0. The van der Waals surface area contributed by atoms with Crippen molar-refractivity contribution in [3.05, 3.63) is 28.2 Å². The van der Waals surface area contributed by atoms with E-state index in [0.29, 0.717) is 6.07 Å². The summed E-state index contributed by atoms with van der Waals surface area (Å²) in [5.74, 6) is -1.30. The number of hydrogen-bond acceptors (Lipinski definition) is 1. The summed E-state index contributed by atoms with van der Waals surface area (Å²) >= 11 is 2.49. The van der Waals surface area contributed by atoms with E-state index in [1.165, 1.54) is 0 Å².